The van der Waals surface area contributed by atoms with E-state index in [-0.39, 0.29) is 0 Å². The smallest absolute Gasteiger partial charge is 0.246 e. The van der Waals surface area contributed by atoms with Gasteiger partial charge in [0.25, 0.3) is 0 Å². The molecule has 0 aliphatic carbocycles. The van der Waals surface area contributed by atoms with E-state index in [4.69, 9.17) is 4.74 Å². The molecule has 1 saturated heterocycles. The normalized spacial score (nSPS) is 17.6. The van der Waals surface area contributed by atoms with Crippen molar-refractivity contribution in [3.8, 4) is 5.75 Å². The predicted molar refractivity (Wildman–Crippen MR) is 88.0 cm³/mol. The summed E-state index contributed by atoms with van der Waals surface area (Å²) < 4.78 is 33.2. The lowest BCUT2D eigenvalue weighted by Crippen LogP contribution is -2.47. The Hall–Kier alpha value is -1.11. The van der Waals surface area contributed by atoms with E-state index < -0.39 is 10.0 Å². The largest absolute Gasteiger partial charge is 0.492 e. The van der Waals surface area contributed by atoms with Crippen LogP contribution in [0.3, 0.4) is 0 Å². The fourth-order valence-electron chi connectivity index (χ4n) is 2.46. The molecule has 6 heteroatoms. The number of likely N-dealkylation sites (N-methyl/N-ethyl adjacent to an activating group) is 1. The predicted octanol–water partition coefficient (Wildman–Crippen LogP) is 2.03. The van der Waals surface area contributed by atoms with Crippen molar-refractivity contribution in [2.75, 3.05) is 39.8 Å². The molecular formula is C16H26N2O3S. The first-order valence-electron chi connectivity index (χ1n) is 7.79. The Morgan fingerprint density at radius 3 is 2.27 bits per heavy atom. The van der Waals surface area contributed by atoms with Crippen molar-refractivity contribution >= 4 is 10.0 Å². The lowest BCUT2D eigenvalue weighted by Gasteiger charge is -2.32. The molecule has 0 bridgehead atoms. The van der Waals surface area contributed by atoms with Gasteiger partial charge in [0, 0.05) is 26.2 Å². The zero-order valence-corrected chi connectivity index (χ0v) is 14.7. The SMILES string of the molecule is CCCOc1cc(C)c(C)cc1S(=O)(=O)N1CCN(C)CC1. The van der Waals surface area contributed by atoms with E-state index in [9.17, 15) is 8.42 Å². The van der Waals surface area contributed by atoms with Gasteiger partial charge in [0.05, 0.1) is 6.61 Å². The highest BCUT2D eigenvalue weighted by atomic mass is 32.2. The maximum Gasteiger partial charge on any atom is 0.246 e. The Bertz CT molecular complexity index is 621. The maximum absolute atomic E-state index is 13.0. The van der Waals surface area contributed by atoms with E-state index in [0.29, 0.717) is 30.3 Å². The van der Waals surface area contributed by atoms with Crippen LogP contribution in [0.1, 0.15) is 24.5 Å². The summed E-state index contributed by atoms with van der Waals surface area (Å²) in [6.07, 6.45) is 0.848. The van der Waals surface area contributed by atoms with Crippen LogP contribution in [0.2, 0.25) is 0 Å². The molecule has 5 nitrogen and oxygen atoms in total. The third-order valence-electron chi connectivity index (χ3n) is 4.10. The topological polar surface area (TPSA) is 49.9 Å². The van der Waals surface area contributed by atoms with Gasteiger partial charge in [0.2, 0.25) is 10.0 Å². The molecule has 0 aromatic heterocycles. The van der Waals surface area contributed by atoms with Crippen LogP contribution in [0, 0.1) is 13.8 Å². The number of piperazine rings is 1. The zero-order valence-electron chi connectivity index (χ0n) is 13.9. The van der Waals surface area contributed by atoms with Crippen LogP contribution in [0.4, 0.5) is 0 Å². The first-order valence-corrected chi connectivity index (χ1v) is 9.23. The number of benzene rings is 1. The van der Waals surface area contributed by atoms with Crippen molar-refractivity contribution in [3.63, 3.8) is 0 Å². The molecule has 1 fully saturated rings. The van der Waals surface area contributed by atoms with Crippen molar-refractivity contribution < 1.29 is 13.2 Å². The van der Waals surface area contributed by atoms with Crippen LogP contribution in [-0.4, -0.2) is 57.5 Å². The van der Waals surface area contributed by atoms with Crippen LogP contribution in [0.5, 0.6) is 5.75 Å². The minimum Gasteiger partial charge on any atom is -0.492 e. The Kier molecular flexibility index (Phi) is 5.47. The Morgan fingerprint density at radius 2 is 1.68 bits per heavy atom. The maximum atomic E-state index is 13.0. The van der Waals surface area contributed by atoms with Crippen LogP contribution in [0.15, 0.2) is 17.0 Å². The molecule has 0 spiro atoms. The molecule has 0 unspecified atom stereocenters. The second-order valence-corrected chi connectivity index (χ2v) is 7.85. The van der Waals surface area contributed by atoms with Crippen LogP contribution < -0.4 is 4.74 Å². The van der Waals surface area contributed by atoms with Gasteiger partial charge in [-0.1, -0.05) is 6.92 Å². The Morgan fingerprint density at radius 1 is 1.09 bits per heavy atom. The molecule has 0 radical (unpaired) electrons. The van der Waals surface area contributed by atoms with Gasteiger partial charge in [0.1, 0.15) is 10.6 Å². The first-order chi connectivity index (χ1) is 10.4. The fourth-order valence-corrected chi connectivity index (χ4v) is 4.08. The van der Waals surface area contributed by atoms with E-state index in [0.717, 1.165) is 30.6 Å². The van der Waals surface area contributed by atoms with Crippen molar-refractivity contribution in [2.24, 2.45) is 0 Å². The molecule has 124 valence electrons. The van der Waals surface area contributed by atoms with E-state index in [1.807, 2.05) is 33.9 Å². The summed E-state index contributed by atoms with van der Waals surface area (Å²) in [5.41, 5.74) is 2.01. The zero-order chi connectivity index (χ0) is 16.3. The Labute approximate surface area is 133 Å². The average Bonchev–Trinajstić information content (AvgIpc) is 2.48. The number of rotatable bonds is 5. The molecule has 0 saturated carbocycles. The highest BCUT2D eigenvalue weighted by Gasteiger charge is 2.30. The van der Waals surface area contributed by atoms with Gasteiger partial charge in [-0.3, -0.25) is 0 Å². The van der Waals surface area contributed by atoms with Crippen LogP contribution in [-0.2, 0) is 10.0 Å². The summed E-state index contributed by atoms with van der Waals surface area (Å²) in [5, 5.41) is 0. The number of sulfonamides is 1. The van der Waals surface area contributed by atoms with Crippen LogP contribution in [0.25, 0.3) is 0 Å². The summed E-state index contributed by atoms with van der Waals surface area (Å²) in [7, 11) is -1.49. The van der Waals surface area contributed by atoms with Gasteiger partial charge in [-0.25, -0.2) is 8.42 Å². The van der Waals surface area contributed by atoms with Crippen molar-refractivity contribution in [1.82, 2.24) is 9.21 Å². The second-order valence-electron chi connectivity index (χ2n) is 5.94. The highest BCUT2D eigenvalue weighted by Crippen LogP contribution is 2.30. The van der Waals surface area contributed by atoms with Crippen LogP contribution >= 0.6 is 0 Å². The summed E-state index contributed by atoms with van der Waals surface area (Å²) in [6.45, 7) is 9.01. The number of nitrogens with zero attached hydrogens (tertiary/aromatic N) is 2. The summed E-state index contributed by atoms with van der Waals surface area (Å²) in [6, 6.07) is 3.59. The van der Waals surface area contributed by atoms with E-state index in [1.54, 1.807) is 10.4 Å². The number of aryl methyl sites for hydroxylation is 2. The first kappa shape index (κ1) is 17.2. The summed E-state index contributed by atoms with van der Waals surface area (Å²) in [4.78, 5) is 2.44. The highest BCUT2D eigenvalue weighted by molar-refractivity contribution is 7.89. The number of ether oxygens (including phenoxy) is 1. The van der Waals surface area contributed by atoms with Gasteiger partial charge >= 0.3 is 0 Å². The van der Waals surface area contributed by atoms with Crippen molar-refractivity contribution in [3.05, 3.63) is 23.3 Å². The van der Waals surface area contributed by atoms with Crippen molar-refractivity contribution in [1.29, 1.82) is 0 Å². The second kappa shape index (κ2) is 6.98. The molecule has 1 aromatic carbocycles. The number of hydrogen-bond donors (Lipinski definition) is 0. The third kappa shape index (κ3) is 3.62. The lowest BCUT2D eigenvalue weighted by molar-refractivity contribution is 0.221. The minimum atomic E-state index is -3.50. The fraction of sp³-hybridized carbons (Fsp3) is 0.625. The van der Waals surface area contributed by atoms with E-state index in [1.165, 1.54) is 0 Å². The van der Waals surface area contributed by atoms with Gasteiger partial charge in [-0.2, -0.15) is 4.31 Å². The van der Waals surface area contributed by atoms with E-state index >= 15 is 0 Å². The molecule has 0 N–H and O–H groups in total. The molecule has 1 aromatic rings. The number of hydrogen-bond acceptors (Lipinski definition) is 4. The van der Waals surface area contributed by atoms with Crippen molar-refractivity contribution in [2.45, 2.75) is 32.1 Å². The molecule has 1 aliphatic heterocycles. The molecule has 1 heterocycles. The molecule has 2 rings (SSSR count). The third-order valence-corrected chi connectivity index (χ3v) is 6.02. The van der Waals surface area contributed by atoms with Gasteiger partial charge in [-0.15, -0.1) is 0 Å². The van der Waals surface area contributed by atoms with Gasteiger partial charge in [-0.05, 0) is 50.6 Å². The quantitative estimate of drug-likeness (QED) is 0.831. The monoisotopic (exact) mass is 326 g/mol. The molecule has 0 atom stereocenters. The van der Waals surface area contributed by atoms with Gasteiger partial charge < -0.3 is 9.64 Å². The average molecular weight is 326 g/mol. The Balaban J connectivity index is 2.38. The summed E-state index contributed by atoms with van der Waals surface area (Å²) in [5.74, 6) is 0.476. The molecule has 0 amide bonds. The lowest BCUT2D eigenvalue weighted by atomic mass is 10.1. The summed E-state index contributed by atoms with van der Waals surface area (Å²) >= 11 is 0. The minimum absolute atomic E-state index is 0.300. The molecule has 22 heavy (non-hydrogen) atoms. The molecular weight excluding hydrogens is 300 g/mol. The van der Waals surface area contributed by atoms with E-state index in [2.05, 4.69) is 4.90 Å². The molecule has 1 aliphatic rings. The van der Waals surface area contributed by atoms with Gasteiger partial charge in [0.15, 0.2) is 0 Å². The standard InChI is InChI=1S/C16H26N2O3S/c1-5-10-21-15-11-13(2)14(3)12-16(15)22(19,20)18-8-6-17(4)7-9-18/h11-12H,5-10H2,1-4H3.